The molecule has 0 aliphatic heterocycles. The Labute approximate surface area is 170 Å². The van der Waals surface area contributed by atoms with E-state index in [1.165, 1.54) is 52.4 Å². The van der Waals surface area contributed by atoms with Gasteiger partial charge in [-0.3, -0.25) is 9.59 Å². The first kappa shape index (κ1) is 22.1. The smallest absolute Gasteiger partial charge is 0.272 e. The van der Waals surface area contributed by atoms with Gasteiger partial charge >= 0.3 is 0 Å². The first-order chi connectivity index (χ1) is 13.6. The maximum Gasteiger partial charge on any atom is 0.272 e. The lowest BCUT2D eigenvalue weighted by atomic mass is 10.2. The third-order valence-corrected chi connectivity index (χ3v) is 5.68. The summed E-state index contributed by atoms with van der Waals surface area (Å²) in [5.74, 6) is -0.853. The molecule has 0 fully saturated rings. The van der Waals surface area contributed by atoms with Crippen molar-refractivity contribution in [1.82, 2.24) is 9.62 Å². The molecule has 0 heterocycles. The maximum absolute atomic E-state index is 12.7. The van der Waals surface area contributed by atoms with E-state index in [9.17, 15) is 18.0 Å². The molecular weight excluding hydrogens is 394 g/mol. The molecule has 2 N–H and O–H groups in total. The summed E-state index contributed by atoms with van der Waals surface area (Å²) in [6, 6.07) is 13.3. The molecule has 2 amide bonds. The number of hydrogen-bond donors (Lipinski definition) is 2. The van der Waals surface area contributed by atoms with Crippen LogP contribution in [0.5, 0.6) is 5.75 Å². The van der Waals surface area contributed by atoms with Crippen LogP contribution in [0.3, 0.4) is 0 Å². The summed E-state index contributed by atoms with van der Waals surface area (Å²) in [6.45, 7) is 1.29. The van der Waals surface area contributed by atoms with Crippen molar-refractivity contribution in [1.29, 1.82) is 0 Å². The van der Waals surface area contributed by atoms with Crippen LogP contribution in [0.4, 0.5) is 5.69 Å². The second-order valence-corrected chi connectivity index (χ2v) is 8.38. The molecule has 29 heavy (non-hydrogen) atoms. The molecule has 0 radical (unpaired) electrons. The van der Waals surface area contributed by atoms with E-state index < -0.39 is 21.8 Å². The molecule has 2 rings (SSSR count). The number of ether oxygens (including phenoxy) is 1. The minimum atomic E-state index is -3.79. The fourth-order valence-electron chi connectivity index (χ4n) is 2.42. The third kappa shape index (κ3) is 5.66. The van der Waals surface area contributed by atoms with Gasteiger partial charge in [0, 0.05) is 26.7 Å². The number of nitrogens with one attached hydrogen (secondary N) is 2. The number of carbonyl (C=O) groups is 2. The predicted molar refractivity (Wildman–Crippen MR) is 111 cm³/mol. The van der Waals surface area contributed by atoms with E-state index >= 15 is 0 Å². The van der Waals surface area contributed by atoms with Gasteiger partial charge in [-0.05, 0) is 29.8 Å². The number of hydrogen-bond acceptors (Lipinski definition) is 5. The van der Waals surface area contributed by atoms with Crippen LogP contribution in [-0.2, 0) is 19.6 Å². The van der Waals surface area contributed by atoms with Crippen molar-refractivity contribution in [3.8, 4) is 5.75 Å². The van der Waals surface area contributed by atoms with Crippen LogP contribution in [-0.4, -0.2) is 45.7 Å². The van der Waals surface area contributed by atoms with Gasteiger partial charge < -0.3 is 15.4 Å². The zero-order valence-corrected chi connectivity index (χ0v) is 17.4. The van der Waals surface area contributed by atoms with Gasteiger partial charge in [0.1, 0.15) is 16.3 Å². The van der Waals surface area contributed by atoms with Crippen LogP contribution >= 0.6 is 0 Å². The molecule has 0 saturated heterocycles. The van der Waals surface area contributed by atoms with Crippen molar-refractivity contribution >= 4 is 33.6 Å². The second kappa shape index (κ2) is 9.35. The average Bonchev–Trinajstić information content (AvgIpc) is 2.67. The molecule has 0 bridgehead atoms. The number of anilines is 1. The molecule has 8 nitrogen and oxygen atoms in total. The Hall–Kier alpha value is -3.17. The molecule has 2 aromatic rings. The standard InChI is InChI=1S/C20H23N3O5S/c1-14(24)21-17(12-15-8-6-5-7-9-15)20(25)22-16-10-11-18(28-4)19(13-16)29(26,27)23(2)3/h5-13H,1-4H3,(H,21,24)(H,22,25)/b17-12-. The topological polar surface area (TPSA) is 105 Å². The van der Waals surface area contributed by atoms with E-state index in [-0.39, 0.29) is 22.0 Å². The summed E-state index contributed by atoms with van der Waals surface area (Å²) in [4.78, 5) is 24.1. The lowest BCUT2D eigenvalue weighted by molar-refractivity contribution is -0.120. The summed E-state index contributed by atoms with van der Waals surface area (Å²) >= 11 is 0. The number of benzene rings is 2. The zero-order chi connectivity index (χ0) is 21.6. The SMILES string of the molecule is COc1ccc(NC(=O)/C(=C/c2ccccc2)NC(C)=O)cc1S(=O)(=O)N(C)C. The third-order valence-electron chi connectivity index (χ3n) is 3.85. The van der Waals surface area contributed by atoms with E-state index in [2.05, 4.69) is 10.6 Å². The fraction of sp³-hybridized carbons (Fsp3) is 0.200. The zero-order valence-electron chi connectivity index (χ0n) is 16.6. The van der Waals surface area contributed by atoms with Gasteiger partial charge in [-0.1, -0.05) is 30.3 Å². The quantitative estimate of drug-likeness (QED) is 0.671. The van der Waals surface area contributed by atoms with Crippen molar-refractivity contribution in [2.75, 3.05) is 26.5 Å². The van der Waals surface area contributed by atoms with E-state index in [1.54, 1.807) is 24.3 Å². The summed E-state index contributed by atoms with van der Waals surface area (Å²) in [6.07, 6.45) is 1.53. The van der Waals surface area contributed by atoms with Gasteiger partial charge in [0.25, 0.3) is 5.91 Å². The lowest BCUT2D eigenvalue weighted by Gasteiger charge is -2.16. The Morgan fingerprint density at radius 2 is 1.72 bits per heavy atom. The molecule has 0 spiro atoms. The average molecular weight is 417 g/mol. The van der Waals surface area contributed by atoms with Crippen LogP contribution in [0.15, 0.2) is 59.1 Å². The second-order valence-electron chi connectivity index (χ2n) is 6.26. The molecule has 0 aliphatic carbocycles. The highest BCUT2D eigenvalue weighted by Gasteiger charge is 2.23. The van der Waals surface area contributed by atoms with E-state index in [1.807, 2.05) is 6.07 Å². The first-order valence-corrected chi connectivity index (χ1v) is 10.1. The van der Waals surface area contributed by atoms with Gasteiger partial charge in [-0.25, -0.2) is 12.7 Å². The molecule has 0 aromatic heterocycles. The minimum absolute atomic E-state index is 0.0246. The predicted octanol–water partition coefficient (Wildman–Crippen LogP) is 2.06. The fourth-order valence-corrected chi connectivity index (χ4v) is 3.49. The Balaban J connectivity index is 2.39. The normalized spacial score (nSPS) is 11.8. The molecule has 0 aliphatic rings. The van der Waals surface area contributed by atoms with E-state index in [0.29, 0.717) is 0 Å². The molecule has 9 heteroatoms. The molecule has 154 valence electrons. The molecule has 2 aromatic carbocycles. The summed E-state index contributed by atoms with van der Waals surface area (Å²) in [5.41, 5.74) is 0.981. The Kier molecular flexibility index (Phi) is 7.13. The lowest BCUT2D eigenvalue weighted by Crippen LogP contribution is -2.29. The molecule has 0 atom stereocenters. The Morgan fingerprint density at radius 3 is 2.28 bits per heavy atom. The van der Waals surface area contributed by atoms with Crippen LogP contribution < -0.4 is 15.4 Å². The molecular formula is C20H23N3O5S. The van der Waals surface area contributed by atoms with E-state index in [4.69, 9.17) is 4.74 Å². The van der Waals surface area contributed by atoms with Gasteiger partial charge in [0.2, 0.25) is 15.9 Å². The summed E-state index contributed by atoms with van der Waals surface area (Å²) < 4.78 is 31.3. The van der Waals surface area contributed by atoms with Gasteiger partial charge in [0.15, 0.2) is 0 Å². The van der Waals surface area contributed by atoms with Crippen LogP contribution in [0.25, 0.3) is 6.08 Å². The maximum atomic E-state index is 12.7. The number of amides is 2. The highest BCUT2D eigenvalue weighted by atomic mass is 32.2. The molecule has 0 unspecified atom stereocenters. The number of carbonyl (C=O) groups excluding carboxylic acids is 2. The van der Waals surface area contributed by atoms with Gasteiger partial charge in [0.05, 0.1) is 7.11 Å². The molecule has 0 saturated carbocycles. The number of nitrogens with zero attached hydrogens (tertiary/aromatic N) is 1. The highest BCUT2D eigenvalue weighted by Crippen LogP contribution is 2.29. The van der Waals surface area contributed by atoms with E-state index in [0.717, 1.165) is 9.87 Å². The highest BCUT2D eigenvalue weighted by molar-refractivity contribution is 7.89. The first-order valence-electron chi connectivity index (χ1n) is 8.61. The van der Waals surface area contributed by atoms with Crippen molar-refractivity contribution in [3.63, 3.8) is 0 Å². The monoisotopic (exact) mass is 417 g/mol. The largest absolute Gasteiger partial charge is 0.495 e. The van der Waals surface area contributed by atoms with Gasteiger partial charge in [-0.15, -0.1) is 0 Å². The summed E-state index contributed by atoms with van der Waals surface area (Å²) in [5, 5.41) is 5.10. The minimum Gasteiger partial charge on any atom is -0.495 e. The Bertz CT molecular complexity index is 1030. The Morgan fingerprint density at radius 1 is 1.07 bits per heavy atom. The summed E-state index contributed by atoms with van der Waals surface area (Å²) in [7, 11) is 0.368. The van der Waals surface area contributed by atoms with Crippen molar-refractivity contribution < 1.29 is 22.7 Å². The van der Waals surface area contributed by atoms with Crippen molar-refractivity contribution in [3.05, 3.63) is 59.8 Å². The van der Waals surface area contributed by atoms with Crippen molar-refractivity contribution in [2.45, 2.75) is 11.8 Å². The van der Waals surface area contributed by atoms with Crippen molar-refractivity contribution in [2.24, 2.45) is 0 Å². The number of sulfonamides is 1. The number of methoxy groups -OCH3 is 1. The van der Waals surface area contributed by atoms with Crippen LogP contribution in [0.2, 0.25) is 0 Å². The van der Waals surface area contributed by atoms with Crippen LogP contribution in [0, 0.1) is 0 Å². The van der Waals surface area contributed by atoms with Crippen LogP contribution in [0.1, 0.15) is 12.5 Å². The number of rotatable bonds is 7. The van der Waals surface area contributed by atoms with Gasteiger partial charge in [-0.2, -0.15) is 0 Å².